The Morgan fingerprint density at radius 1 is 1.17 bits per heavy atom. The first kappa shape index (κ1) is 18.8. The van der Waals surface area contributed by atoms with Crippen LogP contribution < -0.4 is 5.73 Å². The quantitative estimate of drug-likeness (QED) is 0.585. The van der Waals surface area contributed by atoms with Crippen LogP contribution in [0.1, 0.15) is 29.9 Å². The van der Waals surface area contributed by atoms with Gasteiger partial charge in [0.1, 0.15) is 42.2 Å². The molecule has 29 heavy (non-hydrogen) atoms. The molecule has 2 aliphatic heterocycles. The molecule has 1 unspecified atom stereocenters. The Morgan fingerprint density at radius 2 is 2.03 bits per heavy atom. The van der Waals surface area contributed by atoms with Gasteiger partial charge in [-0.25, -0.2) is 9.97 Å². The van der Waals surface area contributed by atoms with E-state index in [0.717, 1.165) is 24.0 Å². The summed E-state index contributed by atoms with van der Waals surface area (Å²) in [6, 6.07) is 7.39. The van der Waals surface area contributed by atoms with Crippen LogP contribution in [-0.4, -0.2) is 49.7 Å². The molecule has 1 saturated heterocycles. The molecule has 0 radical (unpaired) electrons. The Hall–Kier alpha value is -2.23. The van der Waals surface area contributed by atoms with Gasteiger partial charge in [-0.05, 0) is 42.2 Å². The van der Waals surface area contributed by atoms with Gasteiger partial charge in [0.15, 0.2) is 6.23 Å². The molecule has 0 amide bonds. The fraction of sp³-hybridized carbons (Fsp3) is 0.400. The van der Waals surface area contributed by atoms with Crippen LogP contribution in [0.4, 0.5) is 5.82 Å². The molecular formula is C20H21ClN4O4. The van der Waals surface area contributed by atoms with E-state index in [1.807, 2.05) is 12.1 Å². The highest BCUT2D eigenvalue weighted by atomic mass is 35.5. The maximum absolute atomic E-state index is 10.8. The Balaban J connectivity index is 1.51. The second kappa shape index (κ2) is 7.23. The number of aliphatic hydroxyl groups excluding tert-OH is 2. The van der Waals surface area contributed by atoms with Crippen LogP contribution in [0.15, 0.2) is 36.8 Å². The van der Waals surface area contributed by atoms with Crippen molar-refractivity contribution in [3.63, 3.8) is 0 Å². The van der Waals surface area contributed by atoms with Crippen molar-refractivity contribution < 1.29 is 19.7 Å². The number of halogens is 1. The van der Waals surface area contributed by atoms with Gasteiger partial charge in [0, 0.05) is 17.8 Å². The summed E-state index contributed by atoms with van der Waals surface area (Å²) in [5.41, 5.74) is 8.43. The van der Waals surface area contributed by atoms with Gasteiger partial charge in [-0.15, -0.1) is 0 Å². The number of anilines is 1. The summed E-state index contributed by atoms with van der Waals surface area (Å²) in [6.45, 7) is 0.528. The number of nitrogens with zero attached hydrogens (tertiary/aromatic N) is 3. The lowest BCUT2D eigenvalue weighted by molar-refractivity contribution is -0.108. The number of nitrogen functional groups attached to an aromatic ring is 1. The van der Waals surface area contributed by atoms with Gasteiger partial charge in [0.2, 0.25) is 0 Å². The first-order valence-electron chi connectivity index (χ1n) is 9.53. The molecule has 0 saturated carbocycles. The lowest BCUT2D eigenvalue weighted by Gasteiger charge is -2.26. The van der Waals surface area contributed by atoms with E-state index < -0.39 is 30.6 Å². The molecule has 4 heterocycles. The molecule has 2 aliphatic rings. The fourth-order valence-electron chi connectivity index (χ4n) is 4.26. The minimum Gasteiger partial charge on any atom is -0.387 e. The molecule has 0 aliphatic carbocycles. The molecule has 5 rings (SSSR count). The van der Waals surface area contributed by atoms with Crippen LogP contribution in [0.3, 0.4) is 0 Å². The van der Waals surface area contributed by atoms with Gasteiger partial charge in [0.05, 0.1) is 5.39 Å². The number of aromatic nitrogens is 3. The third kappa shape index (κ3) is 3.08. The zero-order valence-electron chi connectivity index (χ0n) is 15.5. The minimum absolute atomic E-state index is 0.344. The van der Waals surface area contributed by atoms with Crippen molar-refractivity contribution >= 4 is 28.5 Å². The van der Waals surface area contributed by atoms with E-state index in [0.29, 0.717) is 28.5 Å². The van der Waals surface area contributed by atoms with Gasteiger partial charge in [0.25, 0.3) is 0 Å². The largest absolute Gasteiger partial charge is 0.387 e. The van der Waals surface area contributed by atoms with Crippen LogP contribution in [0.2, 0.25) is 5.02 Å². The zero-order valence-corrected chi connectivity index (χ0v) is 16.2. The normalized spacial score (nSPS) is 29.7. The number of fused-ring (bicyclic) bond motifs is 2. The Kier molecular flexibility index (Phi) is 4.68. The summed E-state index contributed by atoms with van der Waals surface area (Å²) < 4.78 is 13.9. The number of aryl methyl sites for hydroxylation is 1. The van der Waals surface area contributed by atoms with Crippen LogP contribution in [-0.2, 0) is 15.9 Å². The first-order valence-corrected chi connectivity index (χ1v) is 9.91. The van der Waals surface area contributed by atoms with Crippen molar-refractivity contribution in [1.82, 2.24) is 14.5 Å². The van der Waals surface area contributed by atoms with E-state index in [9.17, 15) is 10.2 Å². The van der Waals surface area contributed by atoms with Gasteiger partial charge in [-0.3, -0.25) is 0 Å². The average Bonchev–Trinajstić information content (AvgIpc) is 3.18. The Bertz CT molecular complexity index is 1060. The summed E-state index contributed by atoms with van der Waals surface area (Å²) in [7, 11) is 0. The van der Waals surface area contributed by atoms with Crippen LogP contribution in [0.25, 0.3) is 11.0 Å². The fourth-order valence-corrected chi connectivity index (χ4v) is 4.46. The van der Waals surface area contributed by atoms with E-state index in [1.54, 1.807) is 22.9 Å². The molecule has 9 heteroatoms. The highest BCUT2D eigenvalue weighted by Crippen LogP contribution is 2.41. The topological polar surface area (TPSA) is 116 Å². The Morgan fingerprint density at radius 3 is 2.90 bits per heavy atom. The summed E-state index contributed by atoms with van der Waals surface area (Å²) in [4.78, 5) is 8.24. The summed E-state index contributed by atoms with van der Waals surface area (Å²) in [5, 5.41) is 22.9. The Labute approximate surface area is 171 Å². The molecule has 2 aromatic heterocycles. The maximum atomic E-state index is 10.8. The van der Waals surface area contributed by atoms with E-state index in [4.69, 9.17) is 26.8 Å². The number of hydrogen-bond donors (Lipinski definition) is 3. The van der Waals surface area contributed by atoms with Crippen molar-refractivity contribution in [3.8, 4) is 0 Å². The van der Waals surface area contributed by atoms with Crippen molar-refractivity contribution in [3.05, 3.63) is 52.9 Å². The van der Waals surface area contributed by atoms with Crippen molar-refractivity contribution in [1.29, 1.82) is 0 Å². The second-order valence-corrected chi connectivity index (χ2v) is 7.87. The smallest absolute Gasteiger partial charge is 0.164 e. The number of rotatable bonds is 2. The van der Waals surface area contributed by atoms with Crippen LogP contribution in [0.5, 0.6) is 0 Å². The van der Waals surface area contributed by atoms with Crippen molar-refractivity contribution in [2.75, 3.05) is 12.3 Å². The number of aliphatic hydroxyl groups is 2. The monoisotopic (exact) mass is 416 g/mol. The van der Waals surface area contributed by atoms with Gasteiger partial charge in [-0.1, -0.05) is 17.7 Å². The number of hydrogen-bond acceptors (Lipinski definition) is 7. The summed E-state index contributed by atoms with van der Waals surface area (Å²) in [6.07, 6.45) is 0.377. The minimum atomic E-state index is -1.16. The van der Waals surface area contributed by atoms with Gasteiger partial charge < -0.3 is 30.0 Å². The predicted molar refractivity (Wildman–Crippen MR) is 106 cm³/mol. The standard InChI is InChI=1S/C20H21ClN4O4/c21-11-3-4-12-10(8-11)2-1-7-28-16(12)17-14(26)15(27)20(29-17)25-6-5-13-18(22)23-9-24-19(13)25/h3-6,8-9,14-17,20,26-27H,1-2,7H2,(H2,22,23,24)/t14-,15+,16+,17-,20?/m0/s1. The lowest BCUT2D eigenvalue weighted by atomic mass is 9.94. The molecule has 0 spiro atoms. The molecule has 1 fully saturated rings. The average molecular weight is 417 g/mol. The number of benzene rings is 1. The van der Waals surface area contributed by atoms with Crippen LogP contribution >= 0.6 is 11.6 Å². The zero-order chi connectivity index (χ0) is 20.1. The molecule has 0 bridgehead atoms. The van der Waals surface area contributed by atoms with Crippen molar-refractivity contribution in [2.45, 2.75) is 43.5 Å². The van der Waals surface area contributed by atoms with E-state index in [2.05, 4.69) is 9.97 Å². The first-order chi connectivity index (χ1) is 14.0. The molecule has 1 aromatic carbocycles. The molecule has 3 aromatic rings. The summed E-state index contributed by atoms with van der Waals surface area (Å²) >= 11 is 6.16. The molecule has 8 nitrogen and oxygen atoms in total. The van der Waals surface area contributed by atoms with Gasteiger partial charge >= 0.3 is 0 Å². The van der Waals surface area contributed by atoms with E-state index in [-0.39, 0.29) is 0 Å². The maximum Gasteiger partial charge on any atom is 0.164 e. The summed E-state index contributed by atoms with van der Waals surface area (Å²) in [5.74, 6) is 0.344. The molecular weight excluding hydrogens is 396 g/mol. The van der Waals surface area contributed by atoms with Crippen molar-refractivity contribution in [2.24, 2.45) is 0 Å². The molecule has 5 atom stereocenters. The SMILES string of the molecule is Nc1ncnc2c1ccn2C1O[C@H]([C@@H]2OCCCc3cc(Cl)ccc32)[C@@H](O)[C@H]1O. The predicted octanol–water partition coefficient (Wildman–Crippen LogP) is 1.99. The van der Waals surface area contributed by atoms with Gasteiger partial charge in [-0.2, -0.15) is 0 Å². The van der Waals surface area contributed by atoms with Crippen LogP contribution in [0, 0.1) is 0 Å². The lowest BCUT2D eigenvalue weighted by Crippen LogP contribution is -2.35. The van der Waals surface area contributed by atoms with E-state index in [1.165, 1.54) is 6.33 Å². The highest BCUT2D eigenvalue weighted by Gasteiger charge is 2.49. The number of nitrogens with two attached hydrogens (primary N) is 1. The number of ether oxygens (including phenoxy) is 2. The molecule has 4 N–H and O–H groups in total. The van der Waals surface area contributed by atoms with E-state index >= 15 is 0 Å². The third-order valence-electron chi connectivity index (χ3n) is 5.69. The highest BCUT2D eigenvalue weighted by molar-refractivity contribution is 6.30. The third-order valence-corrected chi connectivity index (χ3v) is 5.92. The molecule has 152 valence electrons. The second-order valence-electron chi connectivity index (χ2n) is 7.43.